The van der Waals surface area contributed by atoms with Crippen LogP contribution >= 0.6 is 0 Å². The molecule has 1 aromatic rings. The van der Waals surface area contributed by atoms with E-state index >= 15 is 0 Å². The fourth-order valence-corrected chi connectivity index (χ4v) is 1.47. The van der Waals surface area contributed by atoms with Crippen molar-refractivity contribution < 1.29 is 5.11 Å². The van der Waals surface area contributed by atoms with E-state index in [9.17, 15) is 5.11 Å². The minimum atomic E-state index is -0.640. The zero-order chi connectivity index (χ0) is 10.1. The van der Waals surface area contributed by atoms with Crippen molar-refractivity contribution in [1.82, 2.24) is 10.0 Å². The Labute approximate surface area is 83.1 Å². The molecule has 0 fully saturated rings. The molecular formula is C10H13N3O+. The van der Waals surface area contributed by atoms with Gasteiger partial charge in [0.25, 0.3) is 0 Å². The summed E-state index contributed by atoms with van der Waals surface area (Å²) in [4.78, 5) is 4.25. The first kappa shape index (κ1) is 9.18. The maximum absolute atomic E-state index is 9.98. The van der Waals surface area contributed by atoms with Gasteiger partial charge < -0.3 is 5.11 Å². The number of hydrazine groups is 1. The molecule has 0 spiro atoms. The molecule has 1 aromatic carbocycles. The normalized spacial score (nSPS) is 20.0. The van der Waals surface area contributed by atoms with Crippen molar-refractivity contribution in [2.24, 2.45) is 4.99 Å². The van der Waals surface area contributed by atoms with Gasteiger partial charge in [-0.2, -0.15) is 0 Å². The van der Waals surface area contributed by atoms with Crippen LogP contribution in [-0.4, -0.2) is 30.5 Å². The van der Waals surface area contributed by atoms with Gasteiger partial charge >= 0.3 is 0 Å². The van der Waals surface area contributed by atoms with Crippen molar-refractivity contribution >= 4 is 12.0 Å². The molecule has 4 heteroatoms. The maximum atomic E-state index is 9.98. The summed E-state index contributed by atoms with van der Waals surface area (Å²) in [7, 11) is 3.73. The second-order valence-electron chi connectivity index (χ2n) is 3.40. The van der Waals surface area contributed by atoms with Crippen LogP contribution in [0.5, 0.6) is 0 Å². The predicted octanol–water partition coefficient (Wildman–Crippen LogP) is 0.968. The molecule has 1 radical (unpaired) electrons. The van der Waals surface area contributed by atoms with Gasteiger partial charge in [0.05, 0.1) is 5.69 Å². The van der Waals surface area contributed by atoms with Crippen LogP contribution in [-0.2, 0) is 0 Å². The van der Waals surface area contributed by atoms with Crippen LogP contribution in [0.15, 0.2) is 29.3 Å². The number of aliphatic imine (C=N–C) groups is 1. The average molecular weight is 191 g/mol. The molecule has 14 heavy (non-hydrogen) atoms. The summed E-state index contributed by atoms with van der Waals surface area (Å²) in [6.07, 6.45) is 0.992. The molecule has 2 rings (SSSR count). The van der Waals surface area contributed by atoms with Gasteiger partial charge in [0.2, 0.25) is 6.23 Å². The molecular weight excluding hydrogens is 178 g/mol. The van der Waals surface area contributed by atoms with Crippen LogP contribution in [0, 0.1) is 0 Å². The summed E-state index contributed by atoms with van der Waals surface area (Å²) in [5, 5.41) is 13.4. The first-order valence-corrected chi connectivity index (χ1v) is 4.47. The molecule has 0 saturated carbocycles. The minimum Gasteiger partial charge on any atom is -0.365 e. The van der Waals surface area contributed by atoms with E-state index in [-0.39, 0.29) is 0 Å². The quantitative estimate of drug-likeness (QED) is 0.672. The summed E-state index contributed by atoms with van der Waals surface area (Å²) >= 11 is 0. The second kappa shape index (κ2) is 3.40. The topological polar surface area (TPSA) is 41.7 Å². The number of hydrogen-bond acceptors (Lipinski definition) is 4. The highest BCUT2D eigenvalue weighted by Crippen LogP contribution is 2.30. The Morgan fingerprint density at radius 2 is 2.07 bits per heavy atom. The van der Waals surface area contributed by atoms with Gasteiger partial charge in [0, 0.05) is 5.56 Å². The molecule has 1 heterocycles. The molecule has 1 N–H and O–H groups in total. The van der Waals surface area contributed by atoms with Crippen LogP contribution in [0.2, 0.25) is 0 Å². The zero-order valence-corrected chi connectivity index (χ0v) is 8.25. The third kappa shape index (κ3) is 1.38. The predicted molar refractivity (Wildman–Crippen MR) is 55.4 cm³/mol. The van der Waals surface area contributed by atoms with E-state index in [4.69, 9.17) is 0 Å². The van der Waals surface area contributed by atoms with Gasteiger partial charge in [-0.3, -0.25) is 0 Å². The Bertz CT molecular complexity index is 362. The van der Waals surface area contributed by atoms with Crippen molar-refractivity contribution in [1.29, 1.82) is 0 Å². The SMILES string of the molecule is C[N+](C)N1C=Nc2ccccc2C1O. The van der Waals surface area contributed by atoms with Crippen LogP contribution < -0.4 is 5.01 Å². The summed E-state index contributed by atoms with van der Waals surface area (Å²) in [5.74, 6) is 0. The highest BCUT2D eigenvalue weighted by atomic mass is 16.3. The third-order valence-corrected chi connectivity index (χ3v) is 2.24. The molecule has 0 aliphatic carbocycles. The third-order valence-electron chi connectivity index (χ3n) is 2.24. The van der Waals surface area contributed by atoms with E-state index in [1.165, 1.54) is 0 Å². The Hall–Kier alpha value is -1.39. The van der Waals surface area contributed by atoms with Crippen LogP contribution in [0.3, 0.4) is 0 Å². The monoisotopic (exact) mass is 191 g/mol. The summed E-state index contributed by atoms with van der Waals surface area (Å²) in [6, 6.07) is 7.58. The number of para-hydroxylation sites is 1. The molecule has 0 aromatic heterocycles. The number of benzene rings is 1. The fraction of sp³-hybridized carbons (Fsp3) is 0.300. The first-order valence-electron chi connectivity index (χ1n) is 4.47. The second-order valence-corrected chi connectivity index (χ2v) is 3.40. The summed E-state index contributed by atoms with van der Waals surface area (Å²) in [6.45, 7) is 0. The first-order chi connectivity index (χ1) is 6.70. The lowest BCUT2D eigenvalue weighted by atomic mass is 10.1. The van der Waals surface area contributed by atoms with Crippen molar-refractivity contribution in [3.63, 3.8) is 0 Å². The van der Waals surface area contributed by atoms with Crippen molar-refractivity contribution in [2.45, 2.75) is 6.23 Å². The average Bonchev–Trinajstić information content (AvgIpc) is 2.18. The lowest BCUT2D eigenvalue weighted by molar-refractivity contribution is -0.0104. The van der Waals surface area contributed by atoms with E-state index in [1.807, 2.05) is 38.4 Å². The number of aliphatic hydroxyl groups excluding tert-OH is 1. The highest BCUT2D eigenvalue weighted by Gasteiger charge is 2.28. The fourth-order valence-electron chi connectivity index (χ4n) is 1.47. The Balaban J connectivity index is 2.40. The molecule has 73 valence electrons. The number of fused-ring (bicyclic) bond motifs is 1. The molecule has 1 atom stereocenters. The largest absolute Gasteiger partial charge is 0.365 e. The minimum absolute atomic E-state index is 0.640. The Morgan fingerprint density at radius 1 is 1.36 bits per heavy atom. The molecule has 1 unspecified atom stereocenters. The van der Waals surface area contributed by atoms with Gasteiger partial charge in [-0.05, 0) is 6.07 Å². The van der Waals surface area contributed by atoms with E-state index < -0.39 is 6.23 Å². The molecule has 0 saturated heterocycles. The van der Waals surface area contributed by atoms with Gasteiger partial charge in [0.15, 0.2) is 0 Å². The summed E-state index contributed by atoms with van der Waals surface area (Å²) < 4.78 is 0. The van der Waals surface area contributed by atoms with Gasteiger partial charge in [-0.25, -0.2) is 4.99 Å². The zero-order valence-electron chi connectivity index (χ0n) is 8.25. The highest BCUT2D eigenvalue weighted by molar-refractivity contribution is 5.67. The molecule has 4 nitrogen and oxygen atoms in total. The van der Waals surface area contributed by atoms with Crippen LogP contribution in [0.25, 0.3) is 0 Å². The number of nitrogens with zero attached hydrogens (tertiary/aromatic N) is 3. The lowest BCUT2D eigenvalue weighted by Gasteiger charge is -2.26. The van der Waals surface area contributed by atoms with Crippen LogP contribution in [0.1, 0.15) is 11.8 Å². The van der Waals surface area contributed by atoms with Gasteiger partial charge in [-0.1, -0.05) is 23.2 Å². The summed E-state index contributed by atoms with van der Waals surface area (Å²) in [5.41, 5.74) is 1.67. The van der Waals surface area contributed by atoms with E-state index in [0.29, 0.717) is 0 Å². The number of aliphatic hydroxyl groups is 1. The Kier molecular flexibility index (Phi) is 2.23. The molecule has 1 aliphatic heterocycles. The van der Waals surface area contributed by atoms with Gasteiger partial charge in [-0.15, -0.1) is 5.01 Å². The van der Waals surface area contributed by atoms with E-state index in [1.54, 1.807) is 16.4 Å². The number of hydrogen-bond donors (Lipinski definition) is 1. The van der Waals surface area contributed by atoms with Crippen LogP contribution in [0.4, 0.5) is 5.69 Å². The van der Waals surface area contributed by atoms with Crippen molar-refractivity contribution in [2.75, 3.05) is 14.1 Å². The standard InChI is InChI=1S/C10H13N3O/c1-12(2)13-7-11-9-6-4-3-5-8(9)10(13)14/h3-7,10,14H,1-2H3/q+1. The lowest BCUT2D eigenvalue weighted by Crippen LogP contribution is -2.44. The molecule has 1 aliphatic rings. The molecule has 0 amide bonds. The maximum Gasteiger partial charge on any atom is 0.208 e. The van der Waals surface area contributed by atoms with Crippen molar-refractivity contribution in [3.8, 4) is 0 Å². The van der Waals surface area contributed by atoms with Crippen molar-refractivity contribution in [3.05, 3.63) is 29.8 Å². The van der Waals surface area contributed by atoms with E-state index in [2.05, 4.69) is 4.99 Å². The number of rotatable bonds is 1. The molecule has 0 bridgehead atoms. The Morgan fingerprint density at radius 3 is 2.79 bits per heavy atom. The van der Waals surface area contributed by atoms with Gasteiger partial charge in [0.1, 0.15) is 20.4 Å². The van der Waals surface area contributed by atoms with E-state index in [0.717, 1.165) is 11.3 Å². The smallest absolute Gasteiger partial charge is 0.208 e.